The van der Waals surface area contributed by atoms with Crippen LogP contribution >= 0.6 is 0 Å². The van der Waals surface area contributed by atoms with Crippen LogP contribution in [0.1, 0.15) is 106 Å². The predicted molar refractivity (Wildman–Crippen MR) is 200 cm³/mol. The average molecular weight is 700 g/mol. The lowest BCUT2D eigenvalue weighted by molar-refractivity contribution is -0.290. The number of esters is 1. The summed E-state index contributed by atoms with van der Waals surface area (Å²) in [6.07, 6.45) is 6.49. The Labute approximate surface area is 302 Å². The van der Waals surface area contributed by atoms with Gasteiger partial charge in [-0.3, -0.25) is 14.6 Å². The van der Waals surface area contributed by atoms with Crippen molar-refractivity contribution in [2.75, 3.05) is 27.2 Å². The van der Waals surface area contributed by atoms with Gasteiger partial charge in [0.05, 0.1) is 30.0 Å². The molecule has 0 unspecified atom stereocenters. The largest absolute Gasteiger partial charge is 0.460 e. The fraction of sp³-hybridized carbons (Fsp3) is 0.500. The molecule has 0 bridgehead atoms. The van der Waals surface area contributed by atoms with Crippen LogP contribution in [0.15, 0.2) is 48.5 Å². The quantitative estimate of drug-likeness (QED) is 0.214. The summed E-state index contributed by atoms with van der Waals surface area (Å²) in [5.74, 6) is -1.52. The summed E-state index contributed by atoms with van der Waals surface area (Å²) >= 11 is 0. The molecule has 51 heavy (non-hydrogen) atoms. The van der Waals surface area contributed by atoms with E-state index in [0.29, 0.717) is 18.5 Å². The molecular formula is C42H54FN3O5. The second kappa shape index (κ2) is 15.8. The standard InChI is InChI=1S/C42H54FN3O5/c1-26(2)38-35(20-18-31-24-32(50-42(6,7)49-31)25-36(47)51-41(3,4)5)37(27-13-16-30(43)17-14-27)34-12-10-11-28-23-29(15-19-33(28)39(34)45-38)40(48)44-21-22-46(8)9/h13-20,23,26,31-32H,10-12,21-22,24-25H2,1-9H3,(H,44,48)/t31-,32-/m1/s1. The number of hydrogen-bond donors (Lipinski definition) is 1. The molecule has 0 radical (unpaired) electrons. The van der Waals surface area contributed by atoms with Crippen LogP contribution in [0, 0.1) is 5.82 Å². The second-order valence-electron chi connectivity index (χ2n) is 15.7. The summed E-state index contributed by atoms with van der Waals surface area (Å²) in [7, 11) is 3.96. The molecule has 1 fully saturated rings. The highest BCUT2D eigenvalue weighted by Crippen LogP contribution is 2.42. The topological polar surface area (TPSA) is 90.0 Å². The van der Waals surface area contributed by atoms with Gasteiger partial charge >= 0.3 is 5.97 Å². The number of nitrogens with one attached hydrogen (secondary N) is 1. The van der Waals surface area contributed by atoms with Gasteiger partial charge in [-0.25, -0.2) is 4.39 Å². The number of benzene rings is 2. The highest BCUT2D eigenvalue weighted by Gasteiger charge is 2.36. The Balaban J connectivity index is 1.56. The number of fused-ring (bicyclic) bond motifs is 3. The first-order chi connectivity index (χ1) is 24.0. The highest BCUT2D eigenvalue weighted by molar-refractivity contribution is 5.95. The van der Waals surface area contributed by atoms with Crippen molar-refractivity contribution < 1.29 is 28.2 Å². The first kappa shape index (κ1) is 38.3. The number of amides is 1. The van der Waals surface area contributed by atoms with Gasteiger partial charge in [0.15, 0.2) is 5.79 Å². The lowest BCUT2D eigenvalue weighted by atomic mass is 9.86. The molecule has 0 saturated carbocycles. The third-order valence-electron chi connectivity index (χ3n) is 9.06. The van der Waals surface area contributed by atoms with E-state index in [1.165, 1.54) is 12.1 Å². The van der Waals surface area contributed by atoms with Gasteiger partial charge in [-0.05, 0) is 120 Å². The van der Waals surface area contributed by atoms with Crippen molar-refractivity contribution in [1.29, 1.82) is 0 Å². The third-order valence-corrected chi connectivity index (χ3v) is 9.06. The van der Waals surface area contributed by atoms with E-state index in [9.17, 15) is 14.0 Å². The molecule has 0 spiro atoms. The Morgan fingerprint density at radius 3 is 2.49 bits per heavy atom. The van der Waals surface area contributed by atoms with Crippen LogP contribution in [0.2, 0.25) is 0 Å². The maximum Gasteiger partial charge on any atom is 0.308 e. The van der Waals surface area contributed by atoms with Gasteiger partial charge in [-0.2, -0.15) is 0 Å². The molecule has 3 aromatic rings. The third kappa shape index (κ3) is 9.90. The van der Waals surface area contributed by atoms with E-state index in [2.05, 4.69) is 25.2 Å². The van der Waals surface area contributed by atoms with Crippen LogP contribution in [0.4, 0.5) is 4.39 Å². The van der Waals surface area contributed by atoms with Crippen molar-refractivity contribution >= 4 is 18.0 Å². The molecule has 2 aliphatic rings. The normalized spacial score (nSPS) is 18.7. The maximum atomic E-state index is 14.3. The van der Waals surface area contributed by atoms with Crippen molar-refractivity contribution in [1.82, 2.24) is 15.2 Å². The number of hydrogen-bond acceptors (Lipinski definition) is 7. The summed E-state index contributed by atoms with van der Waals surface area (Å²) in [5, 5.41) is 3.03. The molecule has 1 aliphatic heterocycles. The van der Waals surface area contributed by atoms with E-state index in [0.717, 1.165) is 70.6 Å². The fourth-order valence-electron chi connectivity index (χ4n) is 6.97. The Kier molecular flexibility index (Phi) is 11.8. The van der Waals surface area contributed by atoms with Gasteiger partial charge in [0, 0.05) is 36.2 Å². The molecule has 2 atom stereocenters. The van der Waals surface area contributed by atoms with E-state index >= 15 is 0 Å². The number of aromatic nitrogens is 1. The molecule has 274 valence electrons. The number of aryl methyl sites for hydroxylation is 1. The molecule has 1 aromatic heterocycles. The van der Waals surface area contributed by atoms with E-state index in [4.69, 9.17) is 19.2 Å². The van der Waals surface area contributed by atoms with Crippen LogP contribution in [-0.2, 0) is 31.8 Å². The Morgan fingerprint density at radius 2 is 1.82 bits per heavy atom. The molecule has 5 rings (SSSR count). The number of rotatable bonds is 10. The van der Waals surface area contributed by atoms with Crippen LogP contribution in [0.3, 0.4) is 0 Å². The first-order valence-electron chi connectivity index (χ1n) is 18.1. The minimum atomic E-state index is -0.904. The summed E-state index contributed by atoms with van der Waals surface area (Å²) in [6, 6.07) is 12.6. The lowest BCUT2D eigenvalue weighted by Gasteiger charge is -2.40. The lowest BCUT2D eigenvalue weighted by Crippen LogP contribution is -2.45. The van der Waals surface area contributed by atoms with Crippen molar-refractivity contribution in [3.8, 4) is 22.4 Å². The summed E-state index contributed by atoms with van der Waals surface area (Å²) in [6.45, 7) is 14.9. The van der Waals surface area contributed by atoms with Crippen LogP contribution in [0.25, 0.3) is 28.5 Å². The minimum Gasteiger partial charge on any atom is -0.460 e. The number of nitrogens with zero attached hydrogens (tertiary/aromatic N) is 2. The predicted octanol–water partition coefficient (Wildman–Crippen LogP) is 8.11. The van der Waals surface area contributed by atoms with E-state index in [-0.39, 0.29) is 42.2 Å². The van der Waals surface area contributed by atoms with Crippen molar-refractivity contribution in [2.45, 2.75) is 110 Å². The molecular weight excluding hydrogens is 645 g/mol. The van der Waals surface area contributed by atoms with Gasteiger partial charge in [0.2, 0.25) is 0 Å². The van der Waals surface area contributed by atoms with Crippen LogP contribution < -0.4 is 5.32 Å². The molecule has 1 N–H and O–H groups in total. The average Bonchev–Trinajstić information content (AvgIpc) is 3.20. The van der Waals surface area contributed by atoms with Crippen molar-refractivity contribution in [3.63, 3.8) is 0 Å². The van der Waals surface area contributed by atoms with Gasteiger partial charge in [0.25, 0.3) is 5.91 Å². The monoisotopic (exact) mass is 699 g/mol. The second-order valence-corrected chi connectivity index (χ2v) is 15.7. The number of likely N-dealkylation sites (N-methyl/N-ethyl adjacent to an activating group) is 1. The fourth-order valence-corrected chi connectivity index (χ4v) is 6.97. The molecule has 1 amide bonds. The molecule has 1 aliphatic carbocycles. The van der Waals surface area contributed by atoms with Crippen LogP contribution in [-0.4, -0.2) is 72.5 Å². The zero-order valence-corrected chi connectivity index (χ0v) is 31.7. The van der Waals surface area contributed by atoms with E-state index < -0.39 is 11.4 Å². The Morgan fingerprint density at radius 1 is 1.10 bits per heavy atom. The minimum absolute atomic E-state index is 0.0644. The molecule has 1 saturated heterocycles. The number of ether oxygens (including phenoxy) is 3. The highest BCUT2D eigenvalue weighted by atomic mass is 19.1. The van der Waals surface area contributed by atoms with Gasteiger partial charge in [-0.1, -0.05) is 44.2 Å². The van der Waals surface area contributed by atoms with Gasteiger partial charge in [-0.15, -0.1) is 0 Å². The SMILES string of the molecule is CC(C)c1nc2c(c(-c3ccc(F)cc3)c1C=C[C@@H]1C[C@H](CC(=O)OC(C)(C)C)OC(C)(C)O1)CCCc1cc(C(=O)NCCN(C)C)ccc1-2. The van der Waals surface area contributed by atoms with Gasteiger partial charge < -0.3 is 24.4 Å². The van der Waals surface area contributed by atoms with Crippen LogP contribution in [0.5, 0.6) is 0 Å². The Bertz CT molecular complexity index is 1760. The van der Waals surface area contributed by atoms with Crippen molar-refractivity contribution in [3.05, 3.63) is 82.3 Å². The number of pyridine rings is 1. The molecule has 9 heteroatoms. The summed E-state index contributed by atoms with van der Waals surface area (Å²) in [5.41, 5.74) is 8.00. The maximum absolute atomic E-state index is 14.3. The van der Waals surface area contributed by atoms with Crippen molar-refractivity contribution in [2.24, 2.45) is 0 Å². The van der Waals surface area contributed by atoms with Gasteiger partial charge in [0.1, 0.15) is 11.4 Å². The van der Waals surface area contributed by atoms with E-state index in [1.807, 2.05) is 90.0 Å². The zero-order valence-electron chi connectivity index (χ0n) is 31.7. The first-order valence-corrected chi connectivity index (χ1v) is 18.1. The molecule has 2 heterocycles. The molecule has 2 aromatic carbocycles. The smallest absolute Gasteiger partial charge is 0.308 e. The van der Waals surface area contributed by atoms with E-state index in [1.54, 1.807) is 0 Å². The summed E-state index contributed by atoms with van der Waals surface area (Å²) < 4.78 is 32.4. The zero-order chi connectivity index (χ0) is 37.1. The summed E-state index contributed by atoms with van der Waals surface area (Å²) in [4.78, 5) is 33.2. The number of halogens is 1. The number of carbonyl (C=O) groups excluding carboxylic acids is 2. The Hall–Kier alpha value is -3.92. The molecule has 8 nitrogen and oxygen atoms in total. The number of carbonyl (C=O) groups is 2.